The Labute approximate surface area is 150 Å². The largest absolute Gasteiger partial charge is 0.433 e. The summed E-state index contributed by atoms with van der Waals surface area (Å²) in [7, 11) is 3.87. The molecule has 26 heavy (non-hydrogen) atoms. The summed E-state index contributed by atoms with van der Waals surface area (Å²) in [4.78, 5) is 5.77. The molecule has 0 saturated carbocycles. The van der Waals surface area contributed by atoms with Crippen molar-refractivity contribution in [2.45, 2.75) is 12.2 Å². The third-order valence-corrected chi connectivity index (χ3v) is 4.09. The van der Waals surface area contributed by atoms with E-state index in [-0.39, 0.29) is 6.04 Å². The molecule has 0 aliphatic carbocycles. The first kappa shape index (κ1) is 18.2. The molecular formula is C20H20F3N3. The monoisotopic (exact) mass is 359 g/mol. The lowest BCUT2D eigenvalue weighted by Gasteiger charge is -2.25. The molecule has 3 nitrogen and oxygen atoms in total. The quantitative estimate of drug-likeness (QED) is 0.697. The molecule has 136 valence electrons. The lowest BCUT2D eigenvalue weighted by Crippen LogP contribution is -2.26. The maximum atomic E-state index is 13.3. The van der Waals surface area contributed by atoms with Gasteiger partial charge in [-0.2, -0.15) is 13.2 Å². The van der Waals surface area contributed by atoms with Crippen LogP contribution < -0.4 is 5.32 Å². The third kappa shape index (κ3) is 4.14. The van der Waals surface area contributed by atoms with Gasteiger partial charge in [-0.05, 0) is 31.8 Å². The highest BCUT2D eigenvalue weighted by molar-refractivity contribution is 5.91. The second-order valence-corrected chi connectivity index (χ2v) is 6.44. The van der Waals surface area contributed by atoms with Crippen molar-refractivity contribution in [1.82, 2.24) is 9.88 Å². The fraction of sp³-hybridized carbons (Fsp3) is 0.250. The smallest absolute Gasteiger partial charge is 0.376 e. The molecule has 1 unspecified atom stereocenters. The number of hydrogen-bond acceptors (Lipinski definition) is 3. The molecule has 1 N–H and O–H groups in total. The second kappa shape index (κ2) is 7.33. The summed E-state index contributed by atoms with van der Waals surface area (Å²) in [5, 5.41) is 3.97. The maximum Gasteiger partial charge on any atom is 0.433 e. The summed E-state index contributed by atoms with van der Waals surface area (Å²) >= 11 is 0. The fourth-order valence-corrected chi connectivity index (χ4v) is 2.91. The lowest BCUT2D eigenvalue weighted by molar-refractivity contribution is -0.140. The SMILES string of the molecule is CN(C)CC(Nc1cc(C(F)(F)F)nc2ccccc12)c1ccccc1. The number of pyridine rings is 1. The first-order valence-electron chi connectivity index (χ1n) is 8.28. The van der Waals surface area contributed by atoms with Gasteiger partial charge in [0.1, 0.15) is 5.69 Å². The number of hydrogen-bond donors (Lipinski definition) is 1. The average molecular weight is 359 g/mol. The van der Waals surface area contributed by atoms with Gasteiger partial charge in [-0.15, -0.1) is 0 Å². The number of rotatable bonds is 5. The van der Waals surface area contributed by atoms with E-state index in [1.165, 1.54) is 0 Å². The van der Waals surface area contributed by atoms with Crippen molar-refractivity contribution in [3.05, 3.63) is 71.9 Å². The van der Waals surface area contributed by atoms with Gasteiger partial charge in [-0.1, -0.05) is 48.5 Å². The van der Waals surface area contributed by atoms with Crippen LogP contribution in [-0.4, -0.2) is 30.5 Å². The molecule has 0 saturated heterocycles. The zero-order valence-electron chi connectivity index (χ0n) is 14.6. The Bertz CT molecular complexity index is 876. The van der Waals surface area contributed by atoms with Crippen LogP contribution in [0.5, 0.6) is 0 Å². The molecule has 0 aliphatic heterocycles. The van der Waals surface area contributed by atoms with Crippen molar-refractivity contribution in [2.75, 3.05) is 26.0 Å². The number of likely N-dealkylation sites (N-methyl/N-ethyl adjacent to an activating group) is 1. The molecule has 0 fully saturated rings. The standard InChI is InChI=1S/C20H20F3N3/c1-26(2)13-18(14-8-4-3-5-9-14)24-17-12-19(20(21,22)23)25-16-11-7-6-10-15(16)17/h3-12,18H,13H2,1-2H3,(H,24,25). The molecule has 0 bridgehead atoms. The van der Waals surface area contributed by atoms with Crippen molar-refractivity contribution < 1.29 is 13.2 Å². The first-order chi connectivity index (χ1) is 12.3. The first-order valence-corrected chi connectivity index (χ1v) is 8.28. The molecule has 1 heterocycles. The molecule has 3 rings (SSSR count). The van der Waals surface area contributed by atoms with Crippen molar-refractivity contribution >= 4 is 16.6 Å². The zero-order valence-corrected chi connectivity index (χ0v) is 14.6. The number of nitrogens with zero attached hydrogens (tertiary/aromatic N) is 2. The van der Waals surface area contributed by atoms with Crippen LogP contribution >= 0.6 is 0 Å². The van der Waals surface area contributed by atoms with Gasteiger partial charge in [0.05, 0.1) is 11.6 Å². The van der Waals surface area contributed by atoms with Crippen LogP contribution in [0.1, 0.15) is 17.3 Å². The normalized spacial score (nSPS) is 13.2. The summed E-state index contributed by atoms with van der Waals surface area (Å²) in [6, 6.07) is 17.5. The number of benzene rings is 2. The molecule has 0 radical (unpaired) electrons. The highest BCUT2D eigenvalue weighted by Crippen LogP contribution is 2.34. The number of para-hydroxylation sites is 1. The molecular weight excluding hydrogens is 339 g/mol. The summed E-state index contributed by atoms with van der Waals surface area (Å²) in [5.41, 5.74) is 0.867. The van der Waals surface area contributed by atoms with Gasteiger partial charge in [-0.3, -0.25) is 0 Å². The highest BCUT2D eigenvalue weighted by Gasteiger charge is 2.33. The summed E-state index contributed by atoms with van der Waals surface area (Å²) in [5.74, 6) is 0. The number of anilines is 1. The van der Waals surface area contributed by atoms with Crippen LogP contribution in [0.15, 0.2) is 60.7 Å². The van der Waals surface area contributed by atoms with Gasteiger partial charge < -0.3 is 10.2 Å². The predicted octanol–water partition coefficient (Wildman–Crippen LogP) is 4.97. The Kier molecular flexibility index (Phi) is 5.13. The molecule has 0 spiro atoms. The minimum atomic E-state index is -4.50. The van der Waals surface area contributed by atoms with Crippen LogP contribution in [-0.2, 0) is 6.18 Å². The van der Waals surface area contributed by atoms with E-state index in [1.54, 1.807) is 24.3 Å². The summed E-state index contributed by atoms with van der Waals surface area (Å²) in [6.07, 6.45) is -4.50. The number of halogens is 3. The number of aromatic nitrogens is 1. The van der Waals surface area contributed by atoms with Gasteiger partial charge in [-0.25, -0.2) is 4.98 Å². The topological polar surface area (TPSA) is 28.2 Å². The fourth-order valence-electron chi connectivity index (χ4n) is 2.91. The molecule has 0 amide bonds. The van der Waals surface area contributed by atoms with Crippen molar-refractivity contribution in [3.63, 3.8) is 0 Å². The van der Waals surface area contributed by atoms with Crippen LogP contribution in [0.4, 0.5) is 18.9 Å². The van der Waals surface area contributed by atoms with Gasteiger partial charge in [0.15, 0.2) is 0 Å². The van der Waals surface area contributed by atoms with E-state index in [0.717, 1.165) is 11.6 Å². The van der Waals surface area contributed by atoms with Gasteiger partial charge in [0.25, 0.3) is 0 Å². The molecule has 0 aliphatic rings. The maximum absolute atomic E-state index is 13.3. The van der Waals surface area contributed by atoms with E-state index in [9.17, 15) is 13.2 Å². The van der Waals surface area contributed by atoms with Gasteiger partial charge in [0, 0.05) is 17.6 Å². The molecule has 3 aromatic rings. The van der Waals surface area contributed by atoms with Crippen molar-refractivity contribution in [3.8, 4) is 0 Å². The minimum absolute atomic E-state index is 0.155. The second-order valence-electron chi connectivity index (χ2n) is 6.44. The van der Waals surface area contributed by atoms with Crippen LogP contribution in [0.2, 0.25) is 0 Å². The van der Waals surface area contributed by atoms with E-state index in [0.29, 0.717) is 23.1 Å². The molecule has 2 aromatic carbocycles. The van der Waals surface area contributed by atoms with E-state index in [2.05, 4.69) is 10.3 Å². The Balaban J connectivity index is 2.07. The zero-order chi connectivity index (χ0) is 18.7. The lowest BCUT2D eigenvalue weighted by atomic mass is 10.0. The van der Waals surface area contributed by atoms with Crippen LogP contribution in [0, 0.1) is 0 Å². The number of fused-ring (bicyclic) bond motifs is 1. The van der Waals surface area contributed by atoms with E-state index in [4.69, 9.17) is 0 Å². The van der Waals surface area contributed by atoms with E-state index in [1.807, 2.05) is 49.3 Å². The van der Waals surface area contributed by atoms with E-state index >= 15 is 0 Å². The van der Waals surface area contributed by atoms with Crippen LogP contribution in [0.25, 0.3) is 10.9 Å². The van der Waals surface area contributed by atoms with Crippen molar-refractivity contribution in [2.24, 2.45) is 0 Å². The third-order valence-electron chi connectivity index (χ3n) is 4.09. The Morgan fingerprint density at radius 1 is 1.00 bits per heavy atom. The predicted molar refractivity (Wildman–Crippen MR) is 98.1 cm³/mol. The summed E-state index contributed by atoms with van der Waals surface area (Å²) < 4.78 is 39.8. The van der Waals surface area contributed by atoms with E-state index < -0.39 is 11.9 Å². The number of alkyl halides is 3. The summed E-state index contributed by atoms with van der Waals surface area (Å²) in [6.45, 7) is 0.641. The highest BCUT2D eigenvalue weighted by atomic mass is 19.4. The average Bonchev–Trinajstić information content (AvgIpc) is 2.60. The van der Waals surface area contributed by atoms with Crippen molar-refractivity contribution in [1.29, 1.82) is 0 Å². The number of nitrogens with one attached hydrogen (secondary N) is 1. The van der Waals surface area contributed by atoms with Crippen LogP contribution in [0.3, 0.4) is 0 Å². The Morgan fingerprint density at radius 3 is 2.31 bits per heavy atom. The minimum Gasteiger partial charge on any atom is -0.376 e. The Morgan fingerprint density at radius 2 is 1.65 bits per heavy atom. The molecule has 6 heteroatoms. The van der Waals surface area contributed by atoms with Gasteiger partial charge >= 0.3 is 6.18 Å². The molecule has 1 aromatic heterocycles. The Hall–Kier alpha value is -2.60. The van der Waals surface area contributed by atoms with Gasteiger partial charge in [0.2, 0.25) is 0 Å². The molecule has 1 atom stereocenters.